The first kappa shape index (κ1) is 18.7. The molecule has 1 fully saturated rings. The maximum atomic E-state index is 12.6. The first-order valence-corrected chi connectivity index (χ1v) is 8.97. The Kier molecular flexibility index (Phi) is 5.87. The minimum absolute atomic E-state index is 0.321. The van der Waals surface area contributed by atoms with Crippen LogP contribution in [0.3, 0.4) is 0 Å². The second kappa shape index (κ2) is 8.50. The third-order valence-corrected chi connectivity index (χ3v) is 4.89. The first-order valence-electron chi connectivity index (χ1n) is 8.09. The molecular formula is C19H16N3O4S-. The van der Waals surface area contributed by atoms with E-state index in [1.54, 1.807) is 49.7 Å². The number of anilines is 1. The number of rotatable bonds is 6. The molecule has 1 heterocycles. The molecule has 0 N–H and O–H groups in total. The van der Waals surface area contributed by atoms with Gasteiger partial charge in [0.05, 0.1) is 24.3 Å². The Bertz CT molecular complexity index is 882. The molecule has 27 heavy (non-hydrogen) atoms. The smallest absolute Gasteiger partial charge is 0.247 e. The van der Waals surface area contributed by atoms with Crippen LogP contribution in [0, 0.1) is 0 Å². The fraction of sp³-hybridized carbons (Fsp3) is 0.158. The standard InChI is InChI=1S/C19H17N3O4S/c1-26-15-9-7-13(8-10-15)12-20-21-19-22(14-5-3-2-4-6-14)18(25)16(27-19)11-17(23)24/h2-10,12,16H,11H2,1H3,(H,23,24)/p-1/b20-12-,21-19+/t16-/m1/s1. The number of nitrogens with zero attached hydrogens (tertiary/aromatic N) is 3. The van der Waals surface area contributed by atoms with E-state index in [0.717, 1.165) is 23.1 Å². The Hall–Kier alpha value is -3.13. The summed E-state index contributed by atoms with van der Waals surface area (Å²) in [6, 6.07) is 16.2. The molecule has 7 nitrogen and oxygen atoms in total. The first-order chi connectivity index (χ1) is 13.1. The van der Waals surface area contributed by atoms with Gasteiger partial charge in [0.15, 0.2) is 5.17 Å². The molecule has 138 valence electrons. The number of aliphatic carboxylic acids is 1. The van der Waals surface area contributed by atoms with E-state index in [-0.39, 0.29) is 12.3 Å². The highest BCUT2D eigenvalue weighted by molar-refractivity contribution is 8.16. The van der Waals surface area contributed by atoms with Crippen molar-refractivity contribution in [1.82, 2.24) is 0 Å². The maximum absolute atomic E-state index is 12.6. The Labute approximate surface area is 160 Å². The normalized spacial score (nSPS) is 18.4. The van der Waals surface area contributed by atoms with Crippen molar-refractivity contribution in [2.24, 2.45) is 10.2 Å². The van der Waals surface area contributed by atoms with Crippen molar-refractivity contribution in [3.63, 3.8) is 0 Å². The van der Waals surface area contributed by atoms with Gasteiger partial charge >= 0.3 is 0 Å². The monoisotopic (exact) mass is 382 g/mol. The Morgan fingerprint density at radius 3 is 2.56 bits per heavy atom. The van der Waals surface area contributed by atoms with Crippen molar-refractivity contribution in [1.29, 1.82) is 0 Å². The summed E-state index contributed by atoms with van der Waals surface area (Å²) in [7, 11) is 1.59. The highest BCUT2D eigenvalue weighted by Gasteiger charge is 2.39. The largest absolute Gasteiger partial charge is 0.550 e. The molecule has 1 amide bonds. The number of para-hydroxylation sites is 1. The van der Waals surface area contributed by atoms with E-state index < -0.39 is 11.2 Å². The van der Waals surface area contributed by atoms with Crippen LogP contribution < -0.4 is 14.7 Å². The Morgan fingerprint density at radius 1 is 1.22 bits per heavy atom. The van der Waals surface area contributed by atoms with Gasteiger partial charge < -0.3 is 14.6 Å². The number of carbonyl (C=O) groups excluding carboxylic acids is 2. The summed E-state index contributed by atoms with van der Waals surface area (Å²) in [6.07, 6.45) is 1.17. The summed E-state index contributed by atoms with van der Waals surface area (Å²) in [5.74, 6) is -0.901. The fourth-order valence-corrected chi connectivity index (χ4v) is 3.54. The van der Waals surface area contributed by atoms with Crippen LogP contribution in [0.4, 0.5) is 5.69 Å². The van der Waals surface area contributed by atoms with E-state index in [0.29, 0.717) is 10.9 Å². The van der Waals surface area contributed by atoms with E-state index in [1.165, 1.54) is 4.90 Å². The van der Waals surface area contributed by atoms with Crippen LogP contribution in [-0.4, -0.2) is 35.6 Å². The molecule has 1 saturated heterocycles. The summed E-state index contributed by atoms with van der Waals surface area (Å²) in [5.41, 5.74) is 1.42. The number of amides is 1. The van der Waals surface area contributed by atoms with Gasteiger partial charge in [-0.15, -0.1) is 5.10 Å². The van der Waals surface area contributed by atoms with Crippen LogP contribution in [0.1, 0.15) is 12.0 Å². The minimum Gasteiger partial charge on any atom is -0.550 e. The lowest BCUT2D eigenvalue weighted by molar-refractivity contribution is -0.305. The predicted octanol–water partition coefficient (Wildman–Crippen LogP) is 1.67. The average molecular weight is 382 g/mol. The lowest BCUT2D eigenvalue weighted by atomic mass is 10.2. The third-order valence-electron chi connectivity index (χ3n) is 3.77. The number of benzene rings is 2. The van der Waals surface area contributed by atoms with Gasteiger partial charge in [0.1, 0.15) is 5.75 Å². The van der Waals surface area contributed by atoms with Gasteiger partial charge in [0, 0.05) is 12.4 Å². The van der Waals surface area contributed by atoms with Gasteiger partial charge in [0.2, 0.25) is 5.91 Å². The van der Waals surface area contributed by atoms with Gasteiger partial charge in [-0.25, -0.2) is 0 Å². The molecular weight excluding hydrogens is 366 g/mol. The molecule has 0 bridgehead atoms. The summed E-state index contributed by atoms with van der Waals surface area (Å²) in [5, 5.41) is 18.6. The van der Waals surface area contributed by atoms with Gasteiger partial charge in [-0.3, -0.25) is 9.69 Å². The summed E-state index contributed by atoms with van der Waals surface area (Å²) < 4.78 is 5.10. The van der Waals surface area contributed by atoms with Gasteiger partial charge in [-0.1, -0.05) is 30.0 Å². The molecule has 2 aromatic carbocycles. The van der Waals surface area contributed by atoms with Crippen molar-refractivity contribution in [3.05, 3.63) is 60.2 Å². The molecule has 0 spiro atoms. The highest BCUT2D eigenvalue weighted by atomic mass is 32.2. The van der Waals surface area contributed by atoms with Crippen LogP contribution >= 0.6 is 11.8 Å². The van der Waals surface area contributed by atoms with E-state index in [4.69, 9.17) is 4.74 Å². The second-order valence-corrected chi connectivity index (χ2v) is 6.76. The molecule has 1 aliphatic rings. The van der Waals surface area contributed by atoms with Crippen molar-refractivity contribution >= 4 is 40.7 Å². The predicted molar refractivity (Wildman–Crippen MR) is 103 cm³/mol. The van der Waals surface area contributed by atoms with Crippen molar-refractivity contribution in [2.75, 3.05) is 12.0 Å². The molecule has 0 radical (unpaired) electrons. The molecule has 1 aliphatic heterocycles. The SMILES string of the molecule is COc1ccc(/C=N\N=C2\S[C@H](CC(=O)[O-])C(=O)N2c2ccccc2)cc1. The zero-order chi connectivity index (χ0) is 19.2. The number of thioether (sulfide) groups is 1. The Morgan fingerprint density at radius 2 is 1.93 bits per heavy atom. The number of carboxylic acids is 1. The minimum atomic E-state index is -1.28. The topological polar surface area (TPSA) is 94.4 Å². The van der Waals surface area contributed by atoms with E-state index >= 15 is 0 Å². The zero-order valence-corrected chi connectivity index (χ0v) is 15.3. The van der Waals surface area contributed by atoms with Crippen LogP contribution in [0.25, 0.3) is 0 Å². The lowest BCUT2D eigenvalue weighted by Crippen LogP contribution is -2.35. The summed E-state index contributed by atoms with van der Waals surface area (Å²) >= 11 is 1.06. The number of carbonyl (C=O) groups is 2. The number of methoxy groups -OCH3 is 1. The summed E-state index contributed by atoms with van der Waals surface area (Å²) in [6.45, 7) is 0. The molecule has 0 aromatic heterocycles. The van der Waals surface area contributed by atoms with Gasteiger partial charge in [0.25, 0.3) is 0 Å². The molecule has 1 atom stereocenters. The second-order valence-electron chi connectivity index (χ2n) is 5.59. The van der Waals surface area contributed by atoms with E-state index in [2.05, 4.69) is 10.2 Å². The number of hydrogen-bond acceptors (Lipinski definition) is 7. The zero-order valence-electron chi connectivity index (χ0n) is 14.4. The summed E-state index contributed by atoms with van der Waals surface area (Å²) in [4.78, 5) is 24.9. The molecule has 0 saturated carbocycles. The van der Waals surface area contributed by atoms with Crippen LogP contribution in [0.2, 0.25) is 0 Å². The number of ether oxygens (including phenoxy) is 1. The molecule has 8 heteroatoms. The lowest BCUT2D eigenvalue weighted by Gasteiger charge is -2.15. The van der Waals surface area contributed by atoms with Crippen molar-refractivity contribution in [3.8, 4) is 5.75 Å². The number of amidine groups is 1. The number of hydrogen-bond donors (Lipinski definition) is 0. The average Bonchev–Trinajstić information content (AvgIpc) is 2.97. The molecule has 0 unspecified atom stereocenters. The third kappa shape index (κ3) is 4.53. The van der Waals surface area contributed by atoms with Crippen LogP contribution in [0.15, 0.2) is 64.8 Å². The van der Waals surface area contributed by atoms with E-state index in [9.17, 15) is 14.7 Å². The van der Waals surface area contributed by atoms with Crippen molar-refractivity contribution < 1.29 is 19.4 Å². The van der Waals surface area contributed by atoms with Gasteiger partial charge in [-0.05, 0) is 42.0 Å². The molecule has 2 aromatic rings. The Balaban J connectivity index is 1.85. The molecule has 0 aliphatic carbocycles. The maximum Gasteiger partial charge on any atom is 0.247 e. The van der Waals surface area contributed by atoms with Gasteiger partial charge in [-0.2, -0.15) is 5.10 Å². The number of carboxylic acid groups (broad SMARTS) is 1. The highest BCUT2D eigenvalue weighted by Crippen LogP contribution is 2.33. The van der Waals surface area contributed by atoms with Crippen LogP contribution in [-0.2, 0) is 9.59 Å². The van der Waals surface area contributed by atoms with Crippen molar-refractivity contribution in [2.45, 2.75) is 11.7 Å². The van der Waals surface area contributed by atoms with Crippen LogP contribution in [0.5, 0.6) is 5.75 Å². The van der Waals surface area contributed by atoms with E-state index in [1.807, 2.05) is 18.2 Å². The fourth-order valence-electron chi connectivity index (χ4n) is 2.47. The quantitative estimate of drug-likeness (QED) is 0.560. The molecule has 3 rings (SSSR count).